The molecule has 3 aromatic rings. The van der Waals surface area contributed by atoms with E-state index in [2.05, 4.69) is 5.32 Å². The van der Waals surface area contributed by atoms with Crippen LogP contribution in [0.5, 0.6) is 0 Å². The summed E-state index contributed by atoms with van der Waals surface area (Å²) in [7, 11) is -1.24. The summed E-state index contributed by atoms with van der Waals surface area (Å²) in [6.07, 6.45) is -2.16. The van der Waals surface area contributed by atoms with Crippen molar-refractivity contribution in [2.45, 2.75) is 17.2 Å². The molecule has 2 aromatic carbocycles. The Hall–Kier alpha value is -3.44. The van der Waals surface area contributed by atoms with Gasteiger partial charge in [0.05, 0.1) is 23.8 Å². The molecule has 1 aromatic heterocycles. The van der Waals surface area contributed by atoms with Crippen molar-refractivity contribution in [2.24, 2.45) is 5.73 Å². The lowest BCUT2D eigenvalue weighted by Gasteiger charge is -2.33. The number of amides is 2. The van der Waals surface area contributed by atoms with E-state index in [0.29, 0.717) is 10.6 Å². The largest absolute Gasteiger partial charge is 0.416 e. The maximum Gasteiger partial charge on any atom is 0.416 e. The first kappa shape index (κ1) is 22.7. The van der Waals surface area contributed by atoms with Crippen molar-refractivity contribution in [3.05, 3.63) is 77.6 Å². The van der Waals surface area contributed by atoms with Gasteiger partial charge < -0.3 is 20.5 Å². The molecular weight excluding hydrogens is 457 g/mol. The third-order valence-electron chi connectivity index (χ3n) is 5.26. The second kappa shape index (κ2) is 8.49. The van der Waals surface area contributed by atoms with Crippen LogP contribution in [0.15, 0.2) is 65.7 Å². The quantitative estimate of drug-likeness (QED) is 0.601. The number of nitrogens with one attached hydrogen (secondary N) is 1. The van der Waals surface area contributed by atoms with Crippen LogP contribution in [0.4, 0.5) is 24.5 Å². The predicted octanol–water partition coefficient (Wildman–Crippen LogP) is 3.61. The number of fused-ring (bicyclic) bond motifs is 1. The number of nitrogens with two attached hydrogens (primary N) is 1. The number of carbonyl (C=O) groups excluding carboxylic acids is 2. The SMILES string of the molecule is CS(=O)c1cccc(NC(=O)c2ccn3c2C(=O)N(c2ccc(C(F)(F)F)cc2)C[C@@H]3N)c1. The van der Waals surface area contributed by atoms with E-state index < -0.39 is 40.5 Å². The van der Waals surface area contributed by atoms with Gasteiger partial charge in [-0.1, -0.05) is 6.07 Å². The van der Waals surface area contributed by atoms with E-state index in [1.165, 1.54) is 40.1 Å². The Morgan fingerprint density at radius 3 is 2.48 bits per heavy atom. The van der Waals surface area contributed by atoms with Crippen molar-refractivity contribution in [3.63, 3.8) is 0 Å². The molecule has 11 heteroatoms. The number of alkyl halides is 3. The first-order valence-corrected chi connectivity index (χ1v) is 11.3. The molecule has 33 heavy (non-hydrogen) atoms. The lowest BCUT2D eigenvalue weighted by Crippen LogP contribution is -2.46. The van der Waals surface area contributed by atoms with Crippen LogP contribution in [-0.4, -0.2) is 33.4 Å². The molecule has 1 aliphatic rings. The van der Waals surface area contributed by atoms with Crippen LogP contribution in [0.2, 0.25) is 0 Å². The van der Waals surface area contributed by atoms with Crippen molar-refractivity contribution >= 4 is 34.0 Å². The highest BCUT2D eigenvalue weighted by molar-refractivity contribution is 7.84. The van der Waals surface area contributed by atoms with Gasteiger partial charge in [0.25, 0.3) is 11.8 Å². The molecule has 1 unspecified atom stereocenters. The minimum atomic E-state index is -4.50. The third kappa shape index (κ3) is 4.41. The Morgan fingerprint density at radius 1 is 1.15 bits per heavy atom. The van der Waals surface area contributed by atoms with Crippen molar-refractivity contribution < 1.29 is 27.0 Å². The molecule has 0 bridgehead atoms. The summed E-state index contributed by atoms with van der Waals surface area (Å²) in [4.78, 5) is 27.9. The van der Waals surface area contributed by atoms with E-state index >= 15 is 0 Å². The topological polar surface area (TPSA) is 97.4 Å². The number of hydrogen-bond donors (Lipinski definition) is 2. The summed E-state index contributed by atoms with van der Waals surface area (Å²) in [5, 5.41) is 2.68. The van der Waals surface area contributed by atoms with Crippen LogP contribution < -0.4 is 16.0 Å². The van der Waals surface area contributed by atoms with Gasteiger partial charge in [-0.15, -0.1) is 0 Å². The molecule has 7 nitrogen and oxygen atoms in total. The number of nitrogens with zero attached hydrogens (tertiary/aromatic N) is 2. The molecule has 0 radical (unpaired) electrons. The van der Waals surface area contributed by atoms with E-state index in [0.717, 1.165) is 12.1 Å². The van der Waals surface area contributed by atoms with Crippen LogP contribution in [0.1, 0.15) is 32.6 Å². The normalized spacial score (nSPS) is 16.9. The number of carbonyl (C=O) groups is 2. The second-order valence-electron chi connectivity index (χ2n) is 7.45. The zero-order valence-corrected chi connectivity index (χ0v) is 18.1. The predicted molar refractivity (Wildman–Crippen MR) is 118 cm³/mol. The molecule has 2 heterocycles. The van der Waals surface area contributed by atoms with E-state index in [9.17, 15) is 27.0 Å². The van der Waals surface area contributed by atoms with Gasteiger partial charge in [-0.05, 0) is 48.5 Å². The molecule has 4 rings (SSSR count). The summed E-state index contributed by atoms with van der Waals surface area (Å²) >= 11 is 0. The first-order chi connectivity index (χ1) is 15.6. The number of anilines is 2. The van der Waals surface area contributed by atoms with Crippen molar-refractivity contribution in [1.29, 1.82) is 0 Å². The molecule has 0 saturated heterocycles. The van der Waals surface area contributed by atoms with Crippen LogP contribution in [0.3, 0.4) is 0 Å². The minimum Gasteiger partial charge on any atom is -0.325 e. The van der Waals surface area contributed by atoms with E-state index in [1.807, 2.05) is 0 Å². The monoisotopic (exact) mass is 476 g/mol. The van der Waals surface area contributed by atoms with Gasteiger partial charge in [-0.25, -0.2) is 0 Å². The molecule has 172 valence electrons. The number of rotatable bonds is 4. The van der Waals surface area contributed by atoms with Gasteiger partial charge in [0, 0.05) is 39.5 Å². The fraction of sp³-hybridized carbons (Fsp3) is 0.182. The summed E-state index contributed by atoms with van der Waals surface area (Å²) < 4.78 is 51.8. The zero-order valence-electron chi connectivity index (χ0n) is 17.3. The van der Waals surface area contributed by atoms with Crippen LogP contribution in [0.25, 0.3) is 0 Å². The van der Waals surface area contributed by atoms with Gasteiger partial charge >= 0.3 is 6.18 Å². The lowest BCUT2D eigenvalue weighted by atomic mass is 10.1. The highest BCUT2D eigenvalue weighted by Gasteiger charge is 2.35. The van der Waals surface area contributed by atoms with E-state index in [1.54, 1.807) is 24.3 Å². The van der Waals surface area contributed by atoms with Crippen LogP contribution in [0, 0.1) is 0 Å². The summed E-state index contributed by atoms with van der Waals surface area (Å²) in [6, 6.07) is 12.1. The molecule has 0 fully saturated rings. The third-order valence-corrected chi connectivity index (χ3v) is 6.18. The molecule has 2 amide bonds. The molecule has 0 saturated carbocycles. The number of halogens is 3. The number of benzene rings is 2. The highest BCUT2D eigenvalue weighted by Crippen LogP contribution is 2.32. The Balaban J connectivity index is 1.63. The van der Waals surface area contributed by atoms with Gasteiger partial charge in [-0.2, -0.15) is 13.2 Å². The Bertz CT molecular complexity index is 1250. The van der Waals surface area contributed by atoms with Gasteiger partial charge in [-0.3, -0.25) is 13.8 Å². The fourth-order valence-corrected chi connectivity index (χ4v) is 4.19. The van der Waals surface area contributed by atoms with Gasteiger partial charge in [0.15, 0.2) is 0 Å². The summed E-state index contributed by atoms with van der Waals surface area (Å²) in [5.41, 5.74) is 6.08. The van der Waals surface area contributed by atoms with Crippen molar-refractivity contribution in [2.75, 3.05) is 23.0 Å². The standard InChI is InChI=1S/C22H19F3N4O3S/c1-33(32)16-4-2-3-14(11-16)27-20(30)17-9-10-28-18(26)12-29(21(31)19(17)28)15-7-5-13(6-8-15)22(23,24)25/h2-11,18H,12,26H2,1H3,(H,27,30)/t18-,33?/m1/s1. The Morgan fingerprint density at radius 2 is 1.85 bits per heavy atom. The van der Waals surface area contributed by atoms with E-state index in [-0.39, 0.29) is 23.5 Å². The molecular formula is C22H19F3N4O3S. The van der Waals surface area contributed by atoms with Crippen molar-refractivity contribution in [3.8, 4) is 0 Å². The average molecular weight is 476 g/mol. The maximum atomic E-state index is 13.2. The zero-order chi connectivity index (χ0) is 23.9. The van der Waals surface area contributed by atoms with Crippen LogP contribution >= 0.6 is 0 Å². The Kier molecular flexibility index (Phi) is 5.85. The molecule has 1 aliphatic heterocycles. The first-order valence-electron chi connectivity index (χ1n) is 9.76. The van der Waals surface area contributed by atoms with E-state index in [4.69, 9.17) is 5.73 Å². The van der Waals surface area contributed by atoms with Crippen LogP contribution in [-0.2, 0) is 17.0 Å². The highest BCUT2D eigenvalue weighted by atomic mass is 32.2. The summed E-state index contributed by atoms with van der Waals surface area (Å²) in [6.45, 7) is 0.0251. The molecule has 3 N–H and O–H groups in total. The molecule has 0 aliphatic carbocycles. The average Bonchev–Trinajstić information content (AvgIpc) is 3.22. The number of aromatic nitrogens is 1. The second-order valence-corrected chi connectivity index (χ2v) is 8.83. The maximum absolute atomic E-state index is 13.2. The van der Waals surface area contributed by atoms with Gasteiger partial charge in [0.2, 0.25) is 0 Å². The Labute approximate surface area is 189 Å². The molecule has 0 spiro atoms. The minimum absolute atomic E-state index is 0.0251. The summed E-state index contributed by atoms with van der Waals surface area (Å²) in [5.74, 6) is -1.13. The lowest BCUT2D eigenvalue weighted by molar-refractivity contribution is -0.137. The van der Waals surface area contributed by atoms with Crippen molar-refractivity contribution in [1.82, 2.24) is 4.57 Å². The smallest absolute Gasteiger partial charge is 0.325 e. The van der Waals surface area contributed by atoms with Gasteiger partial charge in [0.1, 0.15) is 5.69 Å². The number of hydrogen-bond acceptors (Lipinski definition) is 4. The molecule has 2 atom stereocenters. The fourth-order valence-electron chi connectivity index (χ4n) is 3.62.